The molecule has 0 atom stereocenters. The summed E-state index contributed by atoms with van der Waals surface area (Å²) in [6.07, 6.45) is 0. The minimum atomic E-state index is -0.0208. The Morgan fingerprint density at radius 1 is 1.48 bits per heavy atom. The molecule has 0 aliphatic carbocycles. The highest BCUT2D eigenvalue weighted by Crippen LogP contribution is 2.34. The Morgan fingerprint density at radius 2 is 2.33 bits per heavy atom. The Kier molecular flexibility index (Phi) is 4.10. The number of nitrogens with zero attached hydrogens (tertiary/aromatic N) is 3. The second-order valence-corrected chi connectivity index (χ2v) is 6.95. The summed E-state index contributed by atoms with van der Waals surface area (Å²) in [5.41, 5.74) is 0.939. The van der Waals surface area contributed by atoms with E-state index >= 15 is 0 Å². The monoisotopic (exact) mass is 333 g/mol. The quantitative estimate of drug-likeness (QED) is 0.538. The van der Waals surface area contributed by atoms with Crippen LogP contribution in [0.4, 0.5) is 0 Å². The Morgan fingerprint density at radius 3 is 3.00 bits per heavy atom. The van der Waals surface area contributed by atoms with Gasteiger partial charge in [-0.25, -0.2) is 4.98 Å². The summed E-state index contributed by atoms with van der Waals surface area (Å²) in [7, 11) is 0. The maximum atomic E-state index is 12.8. The Labute approximate surface area is 133 Å². The molecule has 0 aliphatic rings. The van der Waals surface area contributed by atoms with E-state index in [9.17, 15) is 4.79 Å². The molecule has 4 nitrogen and oxygen atoms in total. The molecule has 0 spiro atoms. The van der Waals surface area contributed by atoms with Gasteiger partial charge in [0.2, 0.25) is 0 Å². The minimum absolute atomic E-state index is 0.0208. The van der Waals surface area contributed by atoms with Crippen molar-refractivity contribution in [3.63, 3.8) is 0 Å². The van der Waals surface area contributed by atoms with E-state index in [-0.39, 0.29) is 5.56 Å². The molecule has 106 valence electrons. The van der Waals surface area contributed by atoms with Crippen molar-refractivity contribution in [2.75, 3.05) is 5.75 Å². The van der Waals surface area contributed by atoms with E-state index in [1.54, 1.807) is 15.9 Å². The van der Waals surface area contributed by atoms with Crippen molar-refractivity contribution in [1.29, 1.82) is 5.26 Å². The number of hydrogen-bond acceptors (Lipinski definition) is 6. The fourth-order valence-electron chi connectivity index (χ4n) is 2.10. The van der Waals surface area contributed by atoms with Crippen molar-refractivity contribution in [3.8, 4) is 16.5 Å². The first-order chi connectivity index (χ1) is 10.3. The summed E-state index contributed by atoms with van der Waals surface area (Å²) in [4.78, 5) is 19.2. The lowest BCUT2D eigenvalue weighted by molar-refractivity contribution is 0.636. The van der Waals surface area contributed by atoms with Crippen molar-refractivity contribution in [2.45, 2.75) is 18.6 Å². The molecule has 3 heterocycles. The van der Waals surface area contributed by atoms with E-state index in [1.807, 2.05) is 29.8 Å². The lowest BCUT2D eigenvalue weighted by atomic mass is 10.2. The Bertz CT molecular complexity index is 871. The van der Waals surface area contributed by atoms with Crippen LogP contribution in [0.25, 0.3) is 20.7 Å². The topological polar surface area (TPSA) is 58.7 Å². The second-order valence-electron chi connectivity index (χ2n) is 4.20. The van der Waals surface area contributed by atoms with Gasteiger partial charge in [0, 0.05) is 22.4 Å². The predicted molar refractivity (Wildman–Crippen MR) is 89.2 cm³/mol. The van der Waals surface area contributed by atoms with Gasteiger partial charge in [-0.15, -0.1) is 22.7 Å². The number of hydrogen-bond donors (Lipinski definition) is 0. The zero-order valence-corrected chi connectivity index (χ0v) is 13.6. The third-order valence-electron chi connectivity index (χ3n) is 3.03. The van der Waals surface area contributed by atoms with Gasteiger partial charge in [0.15, 0.2) is 5.16 Å². The maximum Gasteiger partial charge on any atom is 0.263 e. The van der Waals surface area contributed by atoms with Gasteiger partial charge in [-0.05, 0) is 18.4 Å². The SMILES string of the molecule is CCn1c(SCC#N)nc2scc(-c3cccs3)c2c1=O. The van der Waals surface area contributed by atoms with Crippen LogP contribution in [0.3, 0.4) is 0 Å². The molecule has 3 aromatic rings. The highest BCUT2D eigenvalue weighted by atomic mass is 32.2. The number of fused-ring (bicyclic) bond motifs is 1. The van der Waals surface area contributed by atoms with Gasteiger partial charge >= 0.3 is 0 Å². The van der Waals surface area contributed by atoms with E-state index in [0.29, 0.717) is 22.8 Å². The first-order valence-corrected chi connectivity index (χ1v) is 9.06. The molecule has 0 aliphatic heterocycles. The summed E-state index contributed by atoms with van der Waals surface area (Å²) >= 11 is 4.40. The third-order valence-corrected chi connectivity index (χ3v) is 5.65. The second kappa shape index (κ2) is 6.02. The van der Waals surface area contributed by atoms with E-state index < -0.39 is 0 Å². The molecular formula is C14H11N3OS3. The van der Waals surface area contributed by atoms with E-state index in [4.69, 9.17) is 5.26 Å². The van der Waals surface area contributed by atoms with Crippen LogP contribution in [0, 0.1) is 11.3 Å². The van der Waals surface area contributed by atoms with Crippen molar-refractivity contribution in [1.82, 2.24) is 9.55 Å². The molecule has 0 unspecified atom stereocenters. The van der Waals surface area contributed by atoms with E-state index in [1.165, 1.54) is 23.1 Å². The Balaban J connectivity index is 2.25. The average molecular weight is 333 g/mol. The molecule has 21 heavy (non-hydrogen) atoms. The van der Waals surface area contributed by atoms with Gasteiger partial charge in [0.1, 0.15) is 4.83 Å². The van der Waals surface area contributed by atoms with Crippen LogP contribution in [-0.2, 0) is 6.54 Å². The number of thiophene rings is 2. The maximum absolute atomic E-state index is 12.8. The van der Waals surface area contributed by atoms with Crippen LogP contribution in [0.5, 0.6) is 0 Å². The Hall–Kier alpha value is -1.62. The highest BCUT2D eigenvalue weighted by Gasteiger charge is 2.16. The number of aromatic nitrogens is 2. The van der Waals surface area contributed by atoms with Gasteiger partial charge in [-0.1, -0.05) is 17.8 Å². The summed E-state index contributed by atoms with van der Waals surface area (Å²) < 4.78 is 1.65. The molecule has 0 amide bonds. The molecule has 0 saturated carbocycles. The smallest absolute Gasteiger partial charge is 0.263 e. The molecule has 0 bridgehead atoms. The lowest BCUT2D eigenvalue weighted by Crippen LogP contribution is -2.22. The zero-order valence-electron chi connectivity index (χ0n) is 11.2. The number of thioether (sulfide) groups is 1. The van der Waals surface area contributed by atoms with Crippen molar-refractivity contribution in [3.05, 3.63) is 33.2 Å². The summed E-state index contributed by atoms with van der Waals surface area (Å²) in [6, 6.07) is 6.07. The van der Waals surface area contributed by atoms with Crippen molar-refractivity contribution >= 4 is 44.7 Å². The average Bonchev–Trinajstić information content (AvgIpc) is 3.13. The van der Waals surface area contributed by atoms with Crippen LogP contribution >= 0.6 is 34.4 Å². The molecule has 0 fully saturated rings. The van der Waals surface area contributed by atoms with Gasteiger partial charge in [0.25, 0.3) is 5.56 Å². The summed E-state index contributed by atoms with van der Waals surface area (Å²) in [6.45, 7) is 2.47. The molecule has 3 aromatic heterocycles. The molecule has 0 aromatic carbocycles. The van der Waals surface area contributed by atoms with Crippen molar-refractivity contribution < 1.29 is 0 Å². The van der Waals surface area contributed by atoms with Crippen LogP contribution in [0.1, 0.15) is 6.92 Å². The first kappa shape index (κ1) is 14.3. The lowest BCUT2D eigenvalue weighted by Gasteiger charge is -2.08. The van der Waals surface area contributed by atoms with Gasteiger partial charge in [-0.2, -0.15) is 5.26 Å². The molecular weight excluding hydrogens is 322 g/mol. The number of rotatable bonds is 4. The first-order valence-electron chi connectivity index (χ1n) is 6.32. The van der Waals surface area contributed by atoms with Crippen LogP contribution in [-0.4, -0.2) is 15.3 Å². The van der Waals surface area contributed by atoms with Crippen LogP contribution in [0.2, 0.25) is 0 Å². The molecule has 0 radical (unpaired) electrons. The highest BCUT2D eigenvalue weighted by molar-refractivity contribution is 7.99. The molecule has 7 heteroatoms. The van der Waals surface area contributed by atoms with E-state index in [0.717, 1.165) is 15.3 Å². The molecule has 3 rings (SSSR count). The minimum Gasteiger partial charge on any atom is -0.287 e. The van der Waals surface area contributed by atoms with Crippen LogP contribution in [0.15, 0.2) is 32.8 Å². The van der Waals surface area contributed by atoms with Gasteiger partial charge in [-0.3, -0.25) is 9.36 Å². The van der Waals surface area contributed by atoms with E-state index in [2.05, 4.69) is 11.1 Å². The summed E-state index contributed by atoms with van der Waals surface area (Å²) in [5.74, 6) is 0.293. The van der Waals surface area contributed by atoms with Crippen LogP contribution < -0.4 is 5.56 Å². The van der Waals surface area contributed by atoms with Crippen molar-refractivity contribution in [2.24, 2.45) is 0 Å². The third kappa shape index (κ3) is 2.50. The fraction of sp³-hybridized carbons (Fsp3) is 0.214. The number of nitriles is 1. The van der Waals surface area contributed by atoms with Gasteiger partial charge < -0.3 is 0 Å². The molecule has 0 N–H and O–H groups in total. The normalized spacial score (nSPS) is 10.9. The van der Waals surface area contributed by atoms with Gasteiger partial charge in [0.05, 0.1) is 17.2 Å². The fourth-order valence-corrected chi connectivity index (χ4v) is 4.63. The standard InChI is InChI=1S/C14H11N3OS3/c1-2-17-13(18)11-9(10-4-3-6-19-10)8-21-12(11)16-14(17)20-7-5-15/h3-4,6,8H,2,7H2,1H3. The molecule has 0 saturated heterocycles. The largest absolute Gasteiger partial charge is 0.287 e. The zero-order chi connectivity index (χ0) is 14.8. The summed E-state index contributed by atoms with van der Waals surface area (Å²) in [5, 5.41) is 14.0. The predicted octanol–water partition coefficient (Wildman–Crippen LogP) is 3.82.